The van der Waals surface area contributed by atoms with Crippen molar-refractivity contribution in [2.24, 2.45) is 4.99 Å². The maximum atomic E-state index is 12.4. The van der Waals surface area contributed by atoms with Gasteiger partial charge in [-0.15, -0.1) is 0 Å². The average molecular weight is 423 g/mol. The van der Waals surface area contributed by atoms with Crippen LogP contribution in [0.1, 0.15) is 39.7 Å². The maximum absolute atomic E-state index is 12.4. The summed E-state index contributed by atoms with van der Waals surface area (Å²) in [4.78, 5) is 18.4. The van der Waals surface area contributed by atoms with Crippen LogP contribution in [0, 0.1) is 0 Å². The highest BCUT2D eigenvalue weighted by Gasteiger charge is 2.45. The second-order valence-corrected chi connectivity index (χ2v) is 9.48. The van der Waals surface area contributed by atoms with E-state index in [0.29, 0.717) is 18.2 Å². The number of carbonyl (C=O) groups is 1. The lowest BCUT2D eigenvalue weighted by molar-refractivity contribution is -0.160. The molecule has 8 heteroatoms. The Morgan fingerprint density at radius 1 is 1.38 bits per heavy atom. The van der Waals surface area contributed by atoms with Crippen molar-refractivity contribution in [1.29, 1.82) is 0 Å². The molecule has 1 N–H and O–H groups in total. The number of hydrogen-bond acceptors (Lipinski definition) is 7. The number of fused-ring (bicyclic) bond motifs is 1. The van der Waals surface area contributed by atoms with E-state index < -0.39 is 23.9 Å². The lowest BCUT2D eigenvalue weighted by Gasteiger charge is -2.38. The number of amides is 1. The molecule has 1 aromatic carbocycles. The zero-order valence-electron chi connectivity index (χ0n) is 17.6. The highest BCUT2D eigenvalue weighted by molar-refractivity contribution is 8.14. The molecule has 0 aliphatic carbocycles. The molecule has 1 fully saturated rings. The predicted octanol–water partition coefficient (Wildman–Crippen LogP) is 3.41. The standard InChI is InChI=1S/C21H30N2O5S/c1-13(24)17-16(26-12-14-9-7-6-8-10-14)11-15-18(27-17)29-19(22-15)23(5)20(25)28-21(2,3)4/h6-10,13,15-18,24H,11-12H2,1-5H3/t13?,15-,16+,17-,18-/m1/s1. The second-order valence-electron chi connectivity index (χ2n) is 8.42. The van der Waals surface area contributed by atoms with E-state index in [0.717, 1.165) is 5.56 Å². The Hall–Kier alpha value is -1.61. The van der Waals surface area contributed by atoms with Crippen LogP contribution in [0.4, 0.5) is 4.79 Å². The first-order valence-corrected chi connectivity index (χ1v) is 10.7. The van der Waals surface area contributed by atoms with Gasteiger partial charge in [0.1, 0.15) is 17.1 Å². The van der Waals surface area contributed by atoms with Crippen molar-refractivity contribution >= 4 is 23.0 Å². The second kappa shape index (κ2) is 9.04. The number of carbonyl (C=O) groups excluding carboxylic acids is 1. The largest absolute Gasteiger partial charge is 0.443 e. The van der Waals surface area contributed by atoms with Crippen molar-refractivity contribution in [3.63, 3.8) is 0 Å². The van der Waals surface area contributed by atoms with Gasteiger partial charge in [0.25, 0.3) is 0 Å². The zero-order valence-corrected chi connectivity index (χ0v) is 18.4. The summed E-state index contributed by atoms with van der Waals surface area (Å²) < 4.78 is 17.6. The normalized spacial score (nSPS) is 27.7. The minimum Gasteiger partial charge on any atom is -0.443 e. The van der Waals surface area contributed by atoms with E-state index in [4.69, 9.17) is 14.2 Å². The fourth-order valence-electron chi connectivity index (χ4n) is 3.25. The van der Waals surface area contributed by atoms with Crippen LogP contribution < -0.4 is 0 Å². The third kappa shape index (κ3) is 5.72. The molecule has 2 aliphatic heterocycles. The molecule has 2 aliphatic rings. The summed E-state index contributed by atoms with van der Waals surface area (Å²) in [7, 11) is 1.65. The number of aliphatic hydroxyl groups excluding tert-OH is 1. The van der Waals surface area contributed by atoms with Gasteiger partial charge in [0, 0.05) is 13.5 Å². The lowest BCUT2D eigenvalue weighted by Crippen LogP contribution is -2.49. The van der Waals surface area contributed by atoms with Crippen LogP contribution in [0.25, 0.3) is 0 Å². The van der Waals surface area contributed by atoms with Crippen molar-refractivity contribution < 1.29 is 24.1 Å². The first-order valence-electron chi connectivity index (χ1n) is 9.84. The summed E-state index contributed by atoms with van der Waals surface area (Å²) in [6.07, 6.45) is -1.25. The number of benzene rings is 1. The van der Waals surface area contributed by atoms with E-state index in [9.17, 15) is 9.90 Å². The third-order valence-electron chi connectivity index (χ3n) is 4.68. The van der Waals surface area contributed by atoms with Gasteiger partial charge in [-0.2, -0.15) is 0 Å². The molecule has 0 saturated carbocycles. The fourth-order valence-corrected chi connectivity index (χ4v) is 4.40. The van der Waals surface area contributed by atoms with Crippen LogP contribution in [0.15, 0.2) is 35.3 Å². The Morgan fingerprint density at radius 2 is 2.07 bits per heavy atom. The summed E-state index contributed by atoms with van der Waals surface area (Å²) in [5.74, 6) is 0. The highest BCUT2D eigenvalue weighted by atomic mass is 32.2. The number of amidine groups is 1. The van der Waals surface area contributed by atoms with Crippen LogP contribution in [-0.2, 0) is 20.8 Å². The summed E-state index contributed by atoms with van der Waals surface area (Å²) in [5, 5.41) is 10.8. The minimum atomic E-state index is -0.676. The first kappa shape index (κ1) is 22.1. The van der Waals surface area contributed by atoms with Gasteiger partial charge >= 0.3 is 6.09 Å². The molecule has 1 unspecified atom stereocenters. The minimum absolute atomic E-state index is 0.143. The number of aliphatic hydroxyl groups is 1. The molecule has 2 heterocycles. The first-order chi connectivity index (χ1) is 13.6. The van der Waals surface area contributed by atoms with Crippen LogP contribution in [0.5, 0.6) is 0 Å². The van der Waals surface area contributed by atoms with Crippen molar-refractivity contribution in [3.05, 3.63) is 35.9 Å². The van der Waals surface area contributed by atoms with Gasteiger partial charge in [-0.3, -0.25) is 9.89 Å². The Kier molecular flexibility index (Phi) is 6.88. The van der Waals surface area contributed by atoms with E-state index in [1.165, 1.54) is 16.7 Å². The molecule has 3 rings (SSSR count). The van der Waals surface area contributed by atoms with Crippen molar-refractivity contribution in [1.82, 2.24) is 4.90 Å². The molecule has 1 saturated heterocycles. The molecule has 5 atom stereocenters. The summed E-state index contributed by atoms with van der Waals surface area (Å²) in [6.45, 7) is 7.63. The van der Waals surface area contributed by atoms with Crippen LogP contribution >= 0.6 is 11.8 Å². The monoisotopic (exact) mass is 422 g/mol. The summed E-state index contributed by atoms with van der Waals surface area (Å²) in [5.41, 5.74) is 0.228. The number of hydrogen-bond donors (Lipinski definition) is 1. The predicted molar refractivity (Wildman–Crippen MR) is 113 cm³/mol. The number of rotatable bonds is 4. The number of thioether (sulfide) groups is 1. The quantitative estimate of drug-likeness (QED) is 0.801. The van der Waals surface area contributed by atoms with Crippen LogP contribution in [-0.4, -0.2) is 63.7 Å². The molecule has 1 amide bonds. The van der Waals surface area contributed by atoms with Gasteiger partial charge in [0.05, 0.1) is 24.9 Å². The SMILES string of the molecule is CC(O)[C@H]1O[C@@H]2SC(N(C)C(=O)OC(C)(C)C)=N[C@@H]2C[C@@H]1OCc1ccccc1. The summed E-state index contributed by atoms with van der Waals surface area (Å²) >= 11 is 1.38. The van der Waals surface area contributed by atoms with E-state index in [1.54, 1.807) is 14.0 Å². The van der Waals surface area contributed by atoms with Gasteiger partial charge in [0.2, 0.25) is 0 Å². The smallest absolute Gasteiger partial charge is 0.416 e. The third-order valence-corrected chi connectivity index (χ3v) is 5.93. The van der Waals surface area contributed by atoms with Crippen molar-refractivity contribution in [3.8, 4) is 0 Å². The fraction of sp³-hybridized carbons (Fsp3) is 0.619. The number of nitrogens with zero attached hydrogens (tertiary/aromatic N) is 2. The Balaban J connectivity index is 1.66. The van der Waals surface area contributed by atoms with Gasteiger partial charge in [-0.05, 0) is 33.3 Å². The van der Waals surface area contributed by atoms with Gasteiger partial charge in [-0.1, -0.05) is 42.1 Å². The van der Waals surface area contributed by atoms with E-state index in [-0.39, 0.29) is 17.6 Å². The Morgan fingerprint density at radius 3 is 2.69 bits per heavy atom. The van der Waals surface area contributed by atoms with Gasteiger partial charge < -0.3 is 19.3 Å². The molecule has 0 spiro atoms. The number of ether oxygens (including phenoxy) is 3. The van der Waals surface area contributed by atoms with Gasteiger partial charge in [-0.25, -0.2) is 4.79 Å². The average Bonchev–Trinajstić information content (AvgIpc) is 3.07. The molecular formula is C21H30N2O5S. The molecule has 29 heavy (non-hydrogen) atoms. The molecule has 7 nitrogen and oxygen atoms in total. The van der Waals surface area contributed by atoms with Crippen molar-refractivity contribution in [2.45, 2.75) is 76.1 Å². The van der Waals surface area contributed by atoms with Gasteiger partial charge in [0.15, 0.2) is 5.17 Å². The highest BCUT2D eigenvalue weighted by Crippen LogP contribution is 2.39. The van der Waals surface area contributed by atoms with Crippen LogP contribution in [0.2, 0.25) is 0 Å². The molecular weight excluding hydrogens is 392 g/mol. The Bertz CT molecular complexity index is 734. The van der Waals surface area contributed by atoms with Crippen LogP contribution in [0.3, 0.4) is 0 Å². The van der Waals surface area contributed by atoms with Crippen molar-refractivity contribution in [2.75, 3.05) is 7.05 Å². The lowest BCUT2D eigenvalue weighted by atomic mass is 9.98. The van der Waals surface area contributed by atoms with E-state index >= 15 is 0 Å². The molecule has 0 bridgehead atoms. The number of aliphatic imine (C=N–C) groups is 1. The summed E-state index contributed by atoms with van der Waals surface area (Å²) in [6, 6.07) is 9.76. The van der Waals surface area contributed by atoms with E-state index in [2.05, 4.69) is 4.99 Å². The molecule has 0 radical (unpaired) electrons. The Labute approximate surface area is 176 Å². The molecule has 160 valence electrons. The molecule has 0 aromatic heterocycles. The maximum Gasteiger partial charge on any atom is 0.416 e. The zero-order chi connectivity index (χ0) is 21.2. The molecule has 1 aromatic rings. The van der Waals surface area contributed by atoms with E-state index in [1.807, 2.05) is 51.1 Å². The topological polar surface area (TPSA) is 80.6 Å².